The Balaban J connectivity index is 1.49. The third-order valence-corrected chi connectivity index (χ3v) is 14.6. The van der Waals surface area contributed by atoms with Gasteiger partial charge >= 0.3 is 0 Å². The average Bonchev–Trinajstić information content (AvgIpc) is 3.14. The minimum atomic E-state index is -1.07. The van der Waals surface area contributed by atoms with Gasteiger partial charge in [-0.25, -0.2) is 0 Å². The zero-order valence-electron chi connectivity index (χ0n) is 30.9. The van der Waals surface area contributed by atoms with Gasteiger partial charge in [-0.1, -0.05) is 96.2 Å². The number of hydrogen-bond acceptors (Lipinski definition) is 3. The lowest BCUT2D eigenvalue weighted by Gasteiger charge is -2.24. The van der Waals surface area contributed by atoms with Crippen LogP contribution in [0.4, 0.5) is 0 Å². The molecule has 0 saturated carbocycles. The van der Waals surface area contributed by atoms with Gasteiger partial charge in [-0.05, 0) is 87.9 Å². The van der Waals surface area contributed by atoms with Gasteiger partial charge in [-0.2, -0.15) is 0 Å². The van der Waals surface area contributed by atoms with Crippen LogP contribution in [-0.2, 0) is 17.3 Å². The van der Waals surface area contributed by atoms with Crippen LogP contribution >= 0.6 is 7.34 Å². The van der Waals surface area contributed by atoms with Crippen molar-refractivity contribution in [1.29, 1.82) is 0 Å². The largest absolute Gasteiger partial charge is 0.452 e. The average molecular weight is 710 g/mol. The lowest BCUT2D eigenvalue weighted by atomic mass is 9.87. The normalized spacial score (nSPS) is 14.7. The van der Waals surface area contributed by atoms with E-state index in [0.717, 1.165) is 72.9 Å². The summed E-state index contributed by atoms with van der Waals surface area (Å²) in [4.78, 5) is 0. The predicted molar refractivity (Wildman–Crippen MR) is 222 cm³/mol. The summed E-state index contributed by atoms with van der Waals surface area (Å²) in [6.07, 6.45) is 7.56. The summed E-state index contributed by atoms with van der Waals surface area (Å²) in [6.45, 7) is 15.8. The predicted octanol–water partition coefficient (Wildman–Crippen LogP) is 13.3. The van der Waals surface area contributed by atoms with Crippen LogP contribution in [0.2, 0.25) is 0 Å². The molecule has 6 heteroatoms. The first-order valence-electron chi connectivity index (χ1n) is 18.7. The molecule has 1 aliphatic rings. The first kappa shape index (κ1) is 30.0. The SMILES string of the molecule is Cc1c2oc3cc(C(C)(C)C)ccc3n3c4c5c(cc6oc7cc8ccccc8c8c7[p+](c64)c(c23)c2c1oc1cc(C(C)(C)C)ccc1n82)=CC=CC5. The molecule has 5 nitrogen and oxygen atoms in total. The topological polar surface area (TPSA) is 48.2 Å². The van der Waals surface area contributed by atoms with Crippen LogP contribution in [0, 0.1) is 6.92 Å². The second kappa shape index (κ2) is 9.53. The second-order valence-electron chi connectivity index (χ2n) is 17.2. The number of fused-ring (bicyclic) bond motifs is 10. The zero-order chi connectivity index (χ0) is 35.9. The molecule has 5 aromatic heterocycles. The lowest BCUT2D eigenvalue weighted by Crippen LogP contribution is -2.15. The molecule has 0 aliphatic heterocycles. The molecule has 0 fully saturated rings. The molecule has 5 heterocycles. The van der Waals surface area contributed by atoms with E-state index in [1.807, 2.05) is 0 Å². The van der Waals surface area contributed by atoms with Crippen LogP contribution in [-0.4, -0.2) is 8.80 Å². The van der Waals surface area contributed by atoms with Crippen molar-refractivity contribution >= 4 is 106 Å². The van der Waals surface area contributed by atoms with Crippen molar-refractivity contribution < 1.29 is 13.3 Å². The van der Waals surface area contributed by atoms with Gasteiger partial charge in [0.1, 0.15) is 22.1 Å². The van der Waals surface area contributed by atoms with Crippen LogP contribution in [0.3, 0.4) is 0 Å². The number of nitrogens with zero attached hydrogens (tertiary/aromatic N) is 2. The highest BCUT2D eigenvalue weighted by atomic mass is 31.1. The summed E-state index contributed by atoms with van der Waals surface area (Å²) in [5.74, 6) is 0. The summed E-state index contributed by atoms with van der Waals surface area (Å²) in [5, 5.41) is 7.44. The minimum absolute atomic E-state index is 0.0363. The Bertz CT molecular complexity index is 3560. The zero-order valence-corrected chi connectivity index (χ0v) is 31.8. The van der Waals surface area contributed by atoms with Crippen molar-refractivity contribution in [2.75, 3.05) is 0 Å². The van der Waals surface area contributed by atoms with Crippen LogP contribution in [0.1, 0.15) is 63.8 Å². The Hall–Kier alpha value is -5.51. The molecule has 11 aromatic rings. The van der Waals surface area contributed by atoms with Gasteiger partial charge in [-0.3, -0.25) is 8.80 Å². The first-order valence-corrected chi connectivity index (χ1v) is 20.0. The fraction of sp³-hybridized carbons (Fsp3) is 0.213. The molecule has 0 radical (unpaired) electrons. The molecule has 0 saturated heterocycles. The third kappa shape index (κ3) is 3.66. The molecule has 0 bridgehead atoms. The monoisotopic (exact) mass is 709 g/mol. The molecule has 1 unspecified atom stereocenters. The van der Waals surface area contributed by atoms with Gasteiger partial charge in [0.2, 0.25) is 15.4 Å². The van der Waals surface area contributed by atoms with Crippen LogP contribution in [0.5, 0.6) is 0 Å². The van der Waals surface area contributed by atoms with E-state index in [-0.39, 0.29) is 10.8 Å². The van der Waals surface area contributed by atoms with Gasteiger partial charge < -0.3 is 13.3 Å². The highest BCUT2D eigenvalue weighted by Gasteiger charge is 2.38. The van der Waals surface area contributed by atoms with Gasteiger partial charge in [0.05, 0.1) is 11.0 Å². The molecular weight excluding hydrogens is 672 g/mol. The second-order valence-corrected chi connectivity index (χ2v) is 19.3. The maximum Gasteiger partial charge on any atom is 0.222 e. The fourth-order valence-corrected chi connectivity index (χ4v) is 12.3. The van der Waals surface area contributed by atoms with E-state index in [2.05, 4.69) is 148 Å². The van der Waals surface area contributed by atoms with E-state index < -0.39 is 7.34 Å². The lowest BCUT2D eigenvalue weighted by molar-refractivity contribution is 0.585. The number of hydrogen-bond donors (Lipinski definition) is 0. The van der Waals surface area contributed by atoms with E-state index >= 15 is 0 Å². The summed E-state index contributed by atoms with van der Waals surface area (Å²) in [5.41, 5.74) is 17.0. The van der Waals surface area contributed by atoms with Crippen molar-refractivity contribution in [2.24, 2.45) is 0 Å². The molecule has 6 aromatic carbocycles. The molecule has 53 heavy (non-hydrogen) atoms. The Labute approximate surface area is 305 Å². The fourth-order valence-electron chi connectivity index (χ4n) is 9.30. The van der Waals surface area contributed by atoms with E-state index in [9.17, 15) is 0 Å². The number of rotatable bonds is 0. The van der Waals surface area contributed by atoms with Crippen molar-refractivity contribution in [2.45, 2.75) is 65.7 Å². The molecule has 0 N–H and O–H groups in total. The van der Waals surface area contributed by atoms with Crippen molar-refractivity contribution in [1.82, 2.24) is 8.80 Å². The molecular formula is C47H38N2O3P+. The molecule has 0 amide bonds. The van der Waals surface area contributed by atoms with Gasteiger partial charge in [0.15, 0.2) is 40.8 Å². The summed E-state index contributed by atoms with van der Waals surface area (Å²) >= 11 is 0. The third-order valence-electron chi connectivity index (χ3n) is 12.0. The minimum Gasteiger partial charge on any atom is -0.452 e. The highest BCUT2D eigenvalue weighted by molar-refractivity contribution is 7.63. The summed E-state index contributed by atoms with van der Waals surface area (Å²) in [7, 11) is -1.07. The molecule has 1 atom stereocenters. The van der Waals surface area contributed by atoms with Crippen molar-refractivity contribution in [3.63, 3.8) is 0 Å². The number of benzene rings is 6. The van der Waals surface area contributed by atoms with E-state index in [4.69, 9.17) is 13.3 Å². The van der Waals surface area contributed by atoms with Crippen LogP contribution in [0.15, 0.2) is 98.2 Å². The molecule has 12 rings (SSSR count). The van der Waals surface area contributed by atoms with E-state index in [1.165, 1.54) is 53.7 Å². The van der Waals surface area contributed by atoms with Crippen LogP contribution < -0.4 is 5.22 Å². The maximum absolute atomic E-state index is 7.21. The smallest absolute Gasteiger partial charge is 0.222 e. The summed E-state index contributed by atoms with van der Waals surface area (Å²) in [6, 6.07) is 26.9. The number of aryl methyl sites for hydroxylation is 1. The highest BCUT2D eigenvalue weighted by Crippen LogP contribution is 2.58. The standard InChI is InChI=1S/C47H38N2O3P/c1-24-41-39-45-40-42(24)52-34-23-28(47(5,6)7)17-19-32(34)49(40)38-30-15-11-9-13-26(30)21-36-44(38)53(45)43-35(50-36)20-25-12-8-10-14-29(25)37(43)48(39)31-18-16-27(46(2,3)4)22-33(31)51-41/h8-14,16-23H,15H2,1-7H3/q+1. The maximum atomic E-state index is 7.21. The number of allylic oxidation sites excluding steroid dienone is 2. The Morgan fingerprint density at radius 2 is 1.21 bits per heavy atom. The molecule has 0 spiro atoms. The molecule has 258 valence electrons. The van der Waals surface area contributed by atoms with E-state index in [1.54, 1.807) is 0 Å². The Kier molecular flexibility index (Phi) is 5.39. The number of aromatic nitrogens is 2. The Morgan fingerprint density at radius 1 is 0.604 bits per heavy atom. The van der Waals surface area contributed by atoms with Gasteiger partial charge in [0, 0.05) is 10.9 Å². The van der Waals surface area contributed by atoms with Gasteiger partial charge in [-0.15, -0.1) is 0 Å². The van der Waals surface area contributed by atoms with Gasteiger partial charge in [0.25, 0.3) is 0 Å². The first-order chi connectivity index (χ1) is 25.5. The van der Waals surface area contributed by atoms with Crippen molar-refractivity contribution in [3.05, 3.63) is 112 Å². The van der Waals surface area contributed by atoms with Crippen LogP contribution in [0.25, 0.3) is 98.8 Å². The quantitative estimate of drug-likeness (QED) is 0.116. The molecule has 1 aliphatic carbocycles. The van der Waals surface area contributed by atoms with E-state index in [0.29, 0.717) is 0 Å². The summed E-state index contributed by atoms with van der Waals surface area (Å²) < 4.78 is 26.6. The Morgan fingerprint density at radius 3 is 1.87 bits per heavy atom. The van der Waals surface area contributed by atoms with Crippen molar-refractivity contribution in [3.8, 4) is 0 Å².